The molecule has 0 radical (unpaired) electrons. The Kier molecular flexibility index (Phi) is 3.39. The molecule has 0 spiro atoms. The highest BCUT2D eigenvalue weighted by atomic mass is 35.5. The summed E-state index contributed by atoms with van der Waals surface area (Å²) < 4.78 is 0. The van der Waals surface area contributed by atoms with Crippen molar-refractivity contribution in [2.75, 3.05) is 4.90 Å². The number of carbonyl (C=O) groups is 2. The van der Waals surface area contributed by atoms with Crippen molar-refractivity contribution in [2.45, 2.75) is 13.0 Å². The van der Waals surface area contributed by atoms with Gasteiger partial charge in [-0.15, -0.1) is 0 Å². The van der Waals surface area contributed by atoms with Crippen molar-refractivity contribution >= 4 is 29.2 Å². The number of benzene rings is 2. The largest absolute Gasteiger partial charge is 0.329 e. The van der Waals surface area contributed by atoms with Gasteiger partial charge in [0.1, 0.15) is 0 Å². The molecule has 2 aromatic rings. The van der Waals surface area contributed by atoms with Crippen LogP contribution in [-0.2, 0) is 4.79 Å². The Bertz CT molecular complexity index is 715. The van der Waals surface area contributed by atoms with Gasteiger partial charge in [-0.2, -0.15) is 0 Å². The topological polar surface area (TPSA) is 49.4 Å². The number of carbonyl (C=O) groups excluding carboxylic acids is 2. The molecule has 1 atom stereocenters. The number of nitrogens with zero attached hydrogens (tertiary/aromatic N) is 1. The minimum atomic E-state index is -0.425. The molecule has 0 saturated heterocycles. The third kappa shape index (κ3) is 2.38. The lowest BCUT2D eigenvalue weighted by molar-refractivity contribution is -0.115. The van der Waals surface area contributed by atoms with Crippen molar-refractivity contribution in [2.24, 2.45) is 0 Å². The Labute approximate surface area is 127 Å². The zero-order valence-electron chi connectivity index (χ0n) is 11.3. The van der Waals surface area contributed by atoms with Crippen LogP contribution in [0, 0.1) is 0 Å². The maximum absolute atomic E-state index is 12.2. The normalized spacial score (nSPS) is 17.1. The van der Waals surface area contributed by atoms with Gasteiger partial charge >= 0.3 is 6.03 Å². The molecule has 0 aliphatic carbocycles. The number of amides is 3. The van der Waals surface area contributed by atoms with E-state index in [4.69, 9.17) is 11.6 Å². The van der Waals surface area contributed by atoms with Gasteiger partial charge in [0.2, 0.25) is 5.91 Å². The molecule has 1 heterocycles. The van der Waals surface area contributed by atoms with E-state index in [-0.39, 0.29) is 11.9 Å². The number of imide groups is 1. The zero-order valence-corrected chi connectivity index (χ0v) is 12.1. The first kappa shape index (κ1) is 13.6. The number of fused-ring (bicyclic) bond motifs is 1. The fraction of sp³-hybridized carbons (Fsp3) is 0.125. The predicted octanol–water partition coefficient (Wildman–Crippen LogP) is 3.51. The lowest BCUT2D eigenvalue weighted by atomic mass is 9.95. The van der Waals surface area contributed by atoms with Crippen LogP contribution in [0.1, 0.15) is 24.1 Å². The van der Waals surface area contributed by atoms with E-state index in [0.29, 0.717) is 10.7 Å². The maximum atomic E-state index is 12.2. The minimum Gasteiger partial charge on any atom is -0.326 e. The second kappa shape index (κ2) is 5.22. The number of halogens is 1. The molecule has 3 rings (SSSR count). The summed E-state index contributed by atoms with van der Waals surface area (Å²) in [4.78, 5) is 25.1. The van der Waals surface area contributed by atoms with E-state index in [0.717, 1.165) is 16.0 Å². The van der Waals surface area contributed by atoms with Gasteiger partial charge in [-0.3, -0.25) is 4.79 Å². The van der Waals surface area contributed by atoms with E-state index in [2.05, 4.69) is 5.32 Å². The number of hydrogen-bond acceptors (Lipinski definition) is 2. The smallest absolute Gasteiger partial charge is 0.326 e. The summed E-state index contributed by atoms with van der Waals surface area (Å²) in [7, 11) is 0. The Hall–Kier alpha value is -2.33. The van der Waals surface area contributed by atoms with Crippen molar-refractivity contribution in [3.63, 3.8) is 0 Å². The van der Waals surface area contributed by atoms with Crippen LogP contribution < -0.4 is 10.2 Å². The van der Waals surface area contributed by atoms with E-state index in [9.17, 15) is 9.59 Å². The van der Waals surface area contributed by atoms with Gasteiger partial charge in [0.05, 0.1) is 11.7 Å². The highest BCUT2D eigenvalue weighted by Gasteiger charge is 2.33. The first-order valence-electron chi connectivity index (χ1n) is 6.53. The van der Waals surface area contributed by atoms with Crippen LogP contribution in [-0.4, -0.2) is 11.9 Å². The van der Waals surface area contributed by atoms with Crippen molar-refractivity contribution in [3.05, 3.63) is 64.7 Å². The van der Waals surface area contributed by atoms with E-state index >= 15 is 0 Å². The van der Waals surface area contributed by atoms with Crippen LogP contribution in [0.5, 0.6) is 0 Å². The Morgan fingerprint density at radius 2 is 1.90 bits per heavy atom. The fourth-order valence-corrected chi connectivity index (χ4v) is 2.74. The average Bonchev–Trinajstić information content (AvgIpc) is 2.47. The van der Waals surface area contributed by atoms with E-state index in [1.54, 1.807) is 18.2 Å². The van der Waals surface area contributed by atoms with Crippen LogP contribution in [0.4, 0.5) is 10.5 Å². The third-order valence-electron chi connectivity index (χ3n) is 3.46. The number of rotatable bonds is 1. The van der Waals surface area contributed by atoms with Crippen molar-refractivity contribution in [1.29, 1.82) is 0 Å². The summed E-state index contributed by atoms with van der Waals surface area (Å²) in [6.45, 7) is 1.36. The van der Waals surface area contributed by atoms with Crippen LogP contribution in [0.15, 0.2) is 48.5 Å². The molecule has 3 amide bonds. The summed E-state index contributed by atoms with van der Waals surface area (Å²) in [6.07, 6.45) is 0. The Balaban J connectivity index is 2.18. The SMILES string of the molecule is CC(=O)N1C(=O)NC(c2ccccc2)c2cc(Cl)ccc21. The first-order valence-corrected chi connectivity index (χ1v) is 6.91. The van der Waals surface area contributed by atoms with Crippen molar-refractivity contribution in [1.82, 2.24) is 5.32 Å². The minimum absolute atomic E-state index is 0.317. The quantitative estimate of drug-likeness (QED) is 0.876. The lowest BCUT2D eigenvalue weighted by Crippen LogP contribution is -2.49. The van der Waals surface area contributed by atoms with Gasteiger partial charge in [-0.1, -0.05) is 41.9 Å². The number of hydrogen-bond donors (Lipinski definition) is 1. The predicted molar refractivity (Wildman–Crippen MR) is 81.4 cm³/mol. The third-order valence-corrected chi connectivity index (χ3v) is 3.70. The molecular weight excluding hydrogens is 288 g/mol. The van der Waals surface area contributed by atoms with Crippen molar-refractivity contribution in [3.8, 4) is 0 Å². The average molecular weight is 301 g/mol. The number of anilines is 1. The molecule has 0 fully saturated rings. The molecule has 2 aromatic carbocycles. The molecule has 0 bridgehead atoms. The Morgan fingerprint density at radius 3 is 2.57 bits per heavy atom. The molecule has 106 valence electrons. The molecule has 1 aliphatic rings. The summed E-state index contributed by atoms with van der Waals surface area (Å²) in [6, 6.07) is 14.0. The molecule has 1 unspecified atom stereocenters. The Morgan fingerprint density at radius 1 is 1.19 bits per heavy atom. The van der Waals surface area contributed by atoms with Crippen molar-refractivity contribution < 1.29 is 9.59 Å². The van der Waals surface area contributed by atoms with Crippen LogP contribution in [0.2, 0.25) is 5.02 Å². The molecule has 21 heavy (non-hydrogen) atoms. The van der Waals surface area contributed by atoms with E-state index in [1.165, 1.54) is 6.92 Å². The van der Waals surface area contributed by atoms with Gasteiger partial charge in [-0.25, -0.2) is 9.69 Å². The maximum Gasteiger partial charge on any atom is 0.329 e. The second-order valence-corrected chi connectivity index (χ2v) is 5.29. The van der Waals surface area contributed by atoms with Crippen LogP contribution >= 0.6 is 11.6 Å². The highest BCUT2D eigenvalue weighted by molar-refractivity contribution is 6.31. The second-order valence-electron chi connectivity index (χ2n) is 4.85. The fourth-order valence-electron chi connectivity index (χ4n) is 2.56. The lowest BCUT2D eigenvalue weighted by Gasteiger charge is -2.33. The molecule has 0 saturated carbocycles. The van der Waals surface area contributed by atoms with Gasteiger partial charge in [-0.05, 0) is 23.8 Å². The summed E-state index contributed by atoms with van der Waals surface area (Å²) in [5.74, 6) is -0.331. The molecule has 4 nitrogen and oxygen atoms in total. The molecule has 1 N–H and O–H groups in total. The van der Waals surface area contributed by atoms with Gasteiger partial charge < -0.3 is 5.32 Å². The molecule has 0 aromatic heterocycles. The molecule has 5 heteroatoms. The summed E-state index contributed by atoms with van der Waals surface area (Å²) in [5, 5.41) is 3.42. The standard InChI is InChI=1S/C16H13ClN2O2/c1-10(20)19-14-8-7-12(17)9-13(14)15(18-16(19)21)11-5-3-2-4-6-11/h2-9,15H,1H3,(H,18,21). The van der Waals surface area contributed by atoms with Gasteiger partial charge in [0.15, 0.2) is 0 Å². The van der Waals surface area contributed by atoms with Crippen LogP contribution in [0.3, 0.4) is 0 Å². The summed E-state index contributed by atoms with van der Waals surface area (Å²) >= 11 is 6.08. The van der Waals surface area contributed by atoms with E-state index in [1.807, 2.05) is 30.3 Å². The number of nitrogens with one attached hydrogen (secondary N) is 1. The first-order chi connectivity index (χ1) is 10.1. The van der Waals surface area contributed by atoms with Gasteiger partial charge in [0, 0.05) is 17.5 Å². The molecular formula is C16H13ClN2O2. The molecule has 1 aliphatic heterocycles. The monoisotopic (exact) mass is 300 g/mol. The highest BCUT2D eigenvalue weighted by Crippen LogP contribution is 2.36. The van der Waals surface area contributed by atoms with Crippen LogP contribution in [0.25, 0.3) is 0 Å². The zero-order chi connectivity index (χ0) is 15.0. The summed E-state index contributed by atoms with van der Waals surface area (Å²) in [5.41, 5.74) is 2.32. The van der Waals surface area contributed by atoms with E-state index < -0.39 is 6.03 Å². The number of urea groups is 1. The van der Waals surface area contributed by atoms with Gasteiger partial charge in [0.25, 0.3) is 0 Å².